The maximum Gasteiger partial charge on any atom is 0.253 e. The Morgan fingerprint density at radius 1 is 1.31 bits per heavy atom. The van der Waals surface area contributed by atoms with Gasteiger partial charge in [0, 0.05) is 25.8 Å². The minimum atomic E-state index is -0.523. The number of rotatable bonds is 10. The predicted octanol–water partition coefficient (Wildman–Crippen LogP) is 2.83. The summed E-state index contributed by atoms with van der Waals surface area (Å²) in [6.07, 6.45) is 3.69. The molecule has 1 aliphatic rings. The van der Waals surface area contributed by atoms with Gasteiger partial charge in [0.2, 0.25) is 0 Å². The van der Waals surface area contributed by atoms with Crippen LogP contribution in [0.3, 0.4) is 0 Å². The standard InChI is InChI=1S/C25H30N6O4/c1-17-6-3-7-18-14-21(25(32)26-22(17)18)23(24-27-28-29-31(24)10-13-33-2)30(15-19-8-4-11-34-19)16-20-9-5-12-35-20/h3-4,6-8,11,14,20,23H,5,9-10,12-13,15-16H2,1-2H3,(H,26,32)/t20-,23-/m0/s1. The minimum Gasteiger partial charge on any atom is -0.468 e. The molecule has 4 heterocycles. The number of furan rings is 1. The van der Waals surface area contributed by atoms with E-state index in [1.165, 1.54) is 0 Å². The van der Waals surface area contributed by atoms with Crippen molar-refractivity contribution in [1.82, 2.24) is 30.1 Å². The molecule has 1 aromatic carbocycles. The Hall–Kier alpha value is -3.34. The van der Waals surface area contributed by atoms with Crippen molar-refractivity contribution in [3.63, 3.8) is 0 Å². The molecule has 0 amide bonds. The second-order valence-electron chi connectivity index (χ2n) is 8.89. The highest BCUT2D eigenvalue weighted by Gasteiger charge is 2.33. The number of benzene rings is 1. The fraction of sp³-hybridized carbons (Fsp3) is 0.440. The van der Waals surface area contributed by atoms with Gasteiger partial charge in [0.25, 0.3) is 5.56 Å². The van der Waals surface area contributed by atoms with Crippen molar-refractivity contribution in [2.45, 2.75) is 45.0 Å². The summed E-state index contributed by atoms with van der Waals surface area (Å²) in [4.78, 5) is 18.8. The van der Waals surface area contributed by atoms with Crippen LogP contribution in [0, 0.1) is 6.92 Å². The third-order valence-corrected chi connectivity index (χ3v) is 6.49. The molecule has 0 bridgehead atoms. The average molecular weight is 479 g/mol. The van der Waals surface area contributed by atoms with Gasteiger partial charge in [-0.05, 0) is 59.3 Å². The zero-order valence-corrected chi connectivity index (χ0v) is 20.0. The summed E-state index contributed by atoms with van der Waals surface area (Å²) in [7, 11) is 1.64. The van der Waals surface area contributed by atoms with Gasteiger partial charge < -0.3 is 18.9 Å². The molecule has 0 unspecified atom stereocenters. The number of para-hydroxylation sites is 1. The number of hydrogen-bond donors (Lipinski definition) is 1. The number of aryl methyl sites for hydroxylation is 1. The molecule has 1 aliphatic heterocycles. The van der Waals surface area contributed by atoms with Crippen LogP contribution in [0.15, 0.2) is 51.9 Å². The molecular formula is C25H30N6O4. The summed E-state index contributed by atoms with van der Waals surface area (Å²) in [6, 6.07) is 11.2. The number of tetrazole rings is 1. The third kappa shape index (κ3) is 5.04. The number of aromatic amines is 1. The van der Waals surface area contributed by atoms with Gasteiger partial charge in [-0.25, -0.2) is 4.68 Å². The molecule has 3 aromatic heterocycles. The smallest absolute Gasteiger partial charge is 0.253 e. The highest BCUT2D eigenvalue weighted by molar-refractivity contribution is 5.82. The first-order chi connectivity index (χ1) is 17.1. The summed E-state index contributed by atoms with van der Waals surface area (Å²) in [5.74, 6) is 1.36. The Morgan fingerprint density at radius 2 is 2.23 bits per heavy atom. The maximum absolute atomic E-state index is 13.6. The van der Waals surface area contributed by atoms with Crippen LogP contribution in [0.5, 0.6) is 0 Å². The quantitative estimate of drug-likeness (QED) is 0.370. The normalized spacial score (nSPS) is 16.9. The third-order valence-electron chi connectivity index (χ3n) is 6.49. The van der Waals surface area contributed by atoms with Crippen LogP contribution in [0.4, 0.5) is 0 Å². The van der Waals surface area contributed by atoms with Gasteiger partial charge in [0.15, 0.2) is 5.82 Å². The van der Waals surface area contributed by atoms with E-state index in [1.54, 1.807) is 18.1 Å². The highest BCUT2D eigenvalue weighted by atomic mass is 16.5. The van der Waals surface area contributed by atoms with Crippen LogP contribution >= 0.6 is 0 Å². The van der Waals surface area contributed by atoms with E-state index in [4.69, 9.17) is 13.9 Å². The Kier molecular flexibility index (Phi) is 7.03. The summed E-state index contributed by atoms with van der Waals surface area (Å²) in [6.45, 7) is 4.72. The van der Waals surface area contributed by atoms with Crippen molar-refractivity contribution in [2.75, 3.05) is 26.9 Å². The molecule has 1 saturated heterocycles. The molecule has 5 rings (SSSR count). The fourth-order valence-corrected chi connectivity index (χ4v) is 4.76. The SMILES string of the molecule is COCCn1nnnc1[C@H](c1cc2cccc(C)c2[nH]c1=O)N(Cc1ccco1)C[C@@H]1CCCO1. The monoisotopic (exact) mass is 478 g/mol. The number of hydrogen-bond acceptors (Lipinski definition) is 8. The Labute approximate surface area is 202 Å². The van der Waals surface area contributed by atoms with E-state index in [0.29, 0.717) is 37.6 Å². The van der Waals surface area contributed by atoms with Crippen LogP contribution < -0.4 is 5.56 Å². The van der Waals surface area contributed by atoms with Crippen LogP contribution in [-0.2, 0) is 22.6 Å². The predicted molar refractivity (Wildman–Crippen MR) is 129 cm³/mol. The molecule has 10 nitrogen and oxygen atoms in total. The van der Waals surface area contributed by atoms with Crippen LogP contribution in [0.1, 0.15) is 41.6 Å². The van der Waals surface area contributed by atoms with Crippen molar-refractivity contribution in [1.29, 1.82) is 0 Å². The van der Waals surface area contributed by atoms with Crippen molar-refractivity contribution in [2.24, 2.45) is 0 Å². The molecule has 1 N–H and O–H groups in total. The molecule has 1 fully saturated rings. The molecule has 184 valence electrons. The zero-order valence-electron chi connectivity index (χ0n) is 20.0. The molecule has 0 radical (unpaired) electrons. The van der Waals surface area contributed by atoms with E-state index in [1.807, 2.05) is 43.3 Å². The maximum atomic E-state index is 13.6. The fourth-order valence-electron chi connectivity index (χ4n) is 4.76. The molecular weight excluding hydrogens is 448 g/mol. The van der Waals surface area contributed by atoms with Crippen LogP contribution in [0.2, 0.25) is 0 Å². The Bertz CT molecular complexity index is 1310. The summed E-state index contributed by atoms with van der Waals surface area (Å²) in [5.41, 5.74) is 2.24. The van der Waals surface area contributed by atoms with E-state index in [-0.39, 0.29) is 11.7 Å². The summed E-state index contributed by atoms with van der Waals surface area (Å²) >= 11 is 0. The van der Waals surface area contributed by atoms with Gasteiger partial charge in [-0.15, -0.1) is 5.10 Å². The van der Waals surface area contributed by atoms with Gasteiger partial charge in [0.1, 0.15) is 11.8 Å². The average Bonchev–Trinajstić information content (AvgIpc) is 3.63. The van der Waals surface area contributed by atoms with Gasteiger partial charge in [0.05, 0.1) is 37.6 Å². The van der Waals surface area contributed by atoms with Crippen molar-refractivity contribution in [3.8, 4) is 0 Å². The number of H-pyrrole nitrogens is 1. The lowest BCUT2D eigenvalue weighted by Crippen LogP contribution is -2.39. The minimum absolute atomic E-state index is 0.0533. The van der Waals surface area contributed by atoms with Crippen molar-refractivity contribution in [3.05, 3.63) is 75.7 Å². The van der Waals surface area contributed by atoms with Crippen LogP contribution in [0.25, 0.3) is 10.9 Å². The number of fused-ring (bicyclic) bond motifs is 1. The van der Waals surface area contributed by atoms with Crippen LogP contribution in [-0.4, -0.2) is 63.1 Å². The van der Waals surface area contributed by atoms with Gasteiger partial charge >= 0.3 is 0 Å². The molecule has 0 spiro atoms. The van der Waals surface area contributed by atoms with Crippen molar-refractivity contribution >= 4 is 10.9 Å². The van der Waals surface area contributed by atoms with E-state index < -0.39 is 6.04 Å². The number of nitrogens with zero attached hydrogens (tertiary/aromatic N) is 5. The topological polar surface area (TPSA) is 111 Å². The lowest BCUT2D eigenvalue weighted by molar-refractivity contribution is 0.0541. The number of pyridine rings is 1. The molecule has 10 heteroatoms. The summed E-state index contributed by atoms with van der Waals surface area (Å²) < 4.78 is 18.7. The zero-order chi connectivity index (χ0) is 24.2. The van der Waals surface area contributed by atoms with E-state index in [2.05, 4.69) is 25.4 Å². The molecule has 4 aromatic rings. The Morgan fingerprint density at radius 3 is 3.00 bits per heavy atom. The van der Waals surface area contributed by atoms with E-state index >= 15 is 0 Å². The molecule has 35 heavy (non-hydrogen) atoms. The highest BCUT2D eigenvalue weighted by Crippen LogP contribution is 2.30. The van der Waals surface area contributed by atoms with E-state index in [9.17, 15) is 4.79 Å². The number of methoxy groups -OCH3 is 1. The molecule has 0 aliphatic carbocycles. The first-order valence-electron chi connectivity index (χ1n) is 11.9. The lowest BCUT2D eigenvalue weighted by atomic mass is 10.0. The van der Waals surface area contributed by atoms with Gasteiger partial charge in [-0.3, -0.25) is 9.69 Å². The van der Waals surface area contributed by atoms with Gasteiger partial charge in [-0.2, -0.15) is 0 Å². The largest absolute Gasteiger partial charge is 0.468 e. The first kappa shape index (κ1) is 23.4. The Balaban J connectivity index is 1.65. The van der Waals surface area contributed by atoms with Crippen molar-refractivity contribution < 1.29 is 13.9 Å². The second-order valence-corrected chi connectivity index (χ2v) is 8.89. The molecule has 2 atom stereocenters. The lowest BCUT2D eigenvalue weighted by Gasteiger charge is -2.32. The number of nitrogens with one attached hydrogen (secondary N) is 1. The van der Waals surface area contributed by atoms with E-state index in [0.717, 1.165) is 41.7 Å². The molecule has 0 saturated carbocycles. The first-order valence-corrected chi connectivity index (χ1v) is 11.9. The second kappa shape index (κ2) is 10.5. The summed E-state index contributed by atoms with van der Waals surface area (Å²) in [5, 5.41) is 13.5. The number of aromatic nitrogens is 5. The van der Waals surface area contributed by atoms with Gasteiger partial charge in [-0.1, -0.05) is 18.2 Å². The number of ether oxygens (including phenoxy) is 2.